The highest BCUT2D eigenvalue weighted by molar-refractivity contribution is 5.79. The van der Waals surface area contributed by atoms with Crippen molar-refractivity contribution in [2.45, 2.75) is 19.8 Å². The summed E-state index contributed by atoms with van der Waals surface area (Å²) in [5, 5.41) is 2.92. The summed E-state index contributed by atoms with van der Waals surface area (Å²) >= 11 is 0. The summed E-state index contributed by atoms with van der Waals surface area (Å²) in [5.41, 5.74) is 0.972. The van der Waals surface area contributed by atoms with Gasteiger partial charge in [-0.2, -0.15) is 0 Å². The minimum Gasteiger partial charge on any atom is -0.356 e. The molecular weight excluding hydrogens is 178 g/mol. The Morgan fingerprint density at radius 2 is 2.50 bits per heavy atom. The first-order valence-electron chi connectivity index (χ1n) is 5.01. The van der Waals surface area contributed by atoms with Crippen molar-refractivity contribution in [3.63, 3.8) is 0 Å². The molecule has 1 aromatic heterocycles. The minimum atomic E-state index is 0.0991. The molecule has 2 heterocycles. The molecule has 4 nitrogen and oxygen atoms in total. The van der Waals surface area contributed by atoms with Crippen LogP contribution in [0.5, 0.6) is 0 Å². The average Bonchev–Trinajstić information content (AvgIpc) is 2.64. The number of carbonyl (C=O) groups excluding carboxylic acids is 1. The zero-order valence-electron chi connectivity index (χ0n) is 8.29. The van der Waals surface area contributed by atoms with Gasteiger partial charge in [-0.05, 0) is 12.3 Å². The van der Waals surface area contributed by atoms with Crippen LogP contribution in [0, 0.1) is 11.8 Å². The fourth-order valence-corrected chi connectivity index (χ4v) is 1.93. The van der Waals surface area contributed by atoms with Gasteiger partial charge in [0.1, 0.15) is 0 Å². The summed E-state index contributed by atoms with van der Waals surface area (Å²) in [6.07, 6.45) is 5.23. The molecule has 0 saturated carbocycles. The Labute approximate surface area is 83.1 Å². The fourth-order valence-electron chi connectivity index (χ4n) is 1.93. The molecule has 4 heteroatoms. The van der Waals surface area contributed by atoms with Gasteiger partial charge in [0.2, 0.25) is 5.91 Å². The van der Waals surface area contributed by atoms with Gasteiger partial charge in [-0.25, -0.2) is 4.98 Å². The molecule has 0 unspecified atom stereocenters. The van der Waals surface area contributed by atoms with Gasteiger partial charge >= 0.3 is 0 Å². The van der Waals surface area contributed by atoms with Gasteiger partial charge in [-0.1, -0.05) is 6.92 Å². The third kappa shape index (κ3) is 1.95. The Bertz CT molecular complexity index is 307. The second kappa shape index (κ2) is 3.82. The van der Waals surface area contributed by atoms with Crippen molar-refractivity contribution in [2.24, 2.45) is 11.8 Å². The second-order valence-electron chi connectivity index (χ2n) is 4.05. The molecule has 1 fully saturated rings. The topological polar surface area (TPSA) is 57.8 Å². The van der Waals surface area contributed by atoms with Gasteiger partial charge in [0.25, 0.3) is 0 Å². The van der Waals surface area contributed by atoms with Crippen molar-refractivity contribution in [1.29, 1.82) is 0 Å². The van der Waals surface area contributed by atoms with E-state index < -0.39 is 0 Å². The highest BCUT2D eigenvalue weighted by atomic mass is 16.1. The Hall–Kier alpha value is -1.32. The Kier molecular flexibility index (Phi) is 2.52. The molecule has 0 bridgehead atoms. The first-order chi connectivity index (χ1) is 6.75. The van der Waals surface area contributed by atoms with Gasteiger partial charge in [-0.15, -0.1) is 0 Å². The van der Waals surface area contributed by atoms with Crippen LogP contribution in [0.25, 0.3) is 0 Å². The lowest BCUT2D eigenvalue weighted by Crippen LogP contribution is -2.41. The summed E-state index contributed by atoms with van der Waals surface area (Å²) in [6, 6.07) is 0. The molecule has 2 N–H and O–H groups in total. The van der Waals surface area contributed by atoms with Crippen molar-refractivity contribution in [2.75, 3.05) is 6.54 Å². The van der Waals surface area contributed by atoms with Crippen molar-refractivity contribution < 1.29 is 4.79 Å². The predicted octanol–water partition coefficient (Wildman–Crippen LogP) is 0.724. The average molecular weight is 193 g/mol. The number of hydrogen-bond donors (Lipinski definition) is 2. The van der Waals surface area contributed by atoms with Gasteiger partial charge in [-0.3, -0.25) is 4.79 Å². The van der Waals surface area contributed by atoms with Crippen LogP contribution >= 0.6 is 0 Å². The van der Waals surface area contributed by atoms with E-state index in [0.717, 1.165) is 25.1 Å². The number of amides is 1. The van der Waals surface area contributed by atoms with Crippen LogP contribution in [0.15, 0.2) is 12.5 Å². The van der Waals surface area contributed by atoms with Crippen LogP contribution in [-0.4, -0.2) is 22.4 Å². The van der Waals surface area contributed by atoms with Crippen molar-refractivity contribution in [3.05, 3.63) is 18.2 Å². The number of carbonyl (C=O) groups is 1. The van der Waals surface area contributed by atoms with E-state index in [9.17, 15) is 4.79 Å². The van der Waals surface area contributed by atoms with Crippen LogP contribution < -0.4 is 5.32 Å². The molecule has 2 rings (SSSR count). The Balaban J connectivity index is 1.99. The highest BCUT2D eigenvalue weighted by Crippen LogP contribution is 2.19. The van der Waals surface area contributed by atoms with Gasteiger partial charge in [0.05, 0.1) is 12.0 Å². The third-order valence-corrected chi connectivity index (χ3v) is 2.69. The number of imidazole rings is 1. The lowest BCUT2D eigenvalue weighted by Gasteiger charge is -2.26. The zero-order valence-corrected chi connectivity index (χ0v) is 8.29. The SMILES string of the molecule is C[C@@H]1CNC(=O)[C@@H](Cc2c[nH]cn2)C1. The minimum absolute atomic E-state index is 0.0991. The predicted molar refractivity (Wildman–Crippen MR) is 52.6 cm³/mol. The second-order valence-corrected chi connectivity index (χ2v) is 4.05. The molecular formula is C10H15N3O. The molecule has 0 radical (unpaired) electrons. The fraction of sp³-hybridized carbons (Fsp3) is 0.600. The first-order valence-corrected chi connectivity index (χ1v) is 5.01. The summed E-state index contributed by atoms with van der Waals surface area (Å²) in [4.78, 5) is 18.6. The van der Waals surface area contributed by atoms with Crippen molar-refractivity contribution >= 4 is 5.91 Å². The lowest BCUT2D eigenvalue weighted by molar-refractivity contribution is -0.127. The van der Waals surface area contributed by atoms with Crippen LogP contribution in [0.4, 0.5) is 0 Å². The molecule has 0 aromatic carbocycles. The van der Waals surface area contributed by atoms with Gasteiger partial charge < -0.3 is 10.3 Å². The van der Waals surface area contributed by atoms with Gasteiger partial charge in [0, 0.05) is 25.1 Å². The van der Waals surface area contributed by atoms with E-state index in [1.165, 1.54) is 0 Å². The van der Waals surface area contributed by atoms with Crippen molar-refractivity contribution in [3.8, 4) is 0 Å². The van der Waals surface area contributed by atoms with E-state index in [-0.39, 0.29) is 11.8 Å². The van der Waals surface area contributed by atoms with Crippen LogP contribution in [0.3, 0.4) is 0 Å². The molecule has 1 amide bonds. The number of piperidine rings is 1. The number of nitrogens with zero attached hydrogens (tertiary/aromatic N) is 1. The smallest absolute Gasteiger partial charge is 0.223 e. The molecule has 0 aliphatic carbocycles. The summed E-state index contributed by atoms with van der Waals surface area (Å²) in [7, 11) is 0. The number of rotatable bonds is 2. The van der Waals surface area contributed by atoms with Crippen LogP contribution in [0.2, 0.25) is 0 Å². The largest absolute Gasteiger partial charge is 0.356 e. The number of H-pyrrole nitrogens is 1. The maximum absolute atomic E-state index is 11.5. The number of aromatic amines is 1. The lowest BCUT2D eigenvalue weighted by atomic mass is 9.88. The monoisotopic (exact) mass is 193 g/mol. The van der Waals surface area contributed by atoms with E-state index in [4.69, 9.17) is 0 Å². The molecule has 76 valence electrons. The molecule has 1 saturated heterocycles. The van der Waals surface area contributed by atoms with Crippen LogP contribution in [0.1, 0.15) is 19.0 Å². The third-order valence-electron chi connectivity index (χ3n) is 2.69. The molecule has 1 aliphatic heterocycles. The van der Waals surface area contributed by atoms with E-state index >= 15 is 0 Å². The van der Waals surface area contributed by atoms with Gasteiger partial charge in [0.15, 0.2) is 0 Å². The summed E-state index contributed by atoms with van der Waals surface area (Å²) < 4.78 is 0. The standard InChI is InChI=1S/C10H15N3O/c1-7-2-8(10(14)12-4-7)3-9-5-11-6-13-9/h5-8H,2-4H2,1H3,(H,11,13)(H,12,14)/t7-,8+/m0/s1. The summed E-state index contributed by atoms with van der Waals surface area (Å²) in [5.74, 6) is 0.852. The first kappa shape index (κ1) is 9.24. The van der Waals surface area contributed by atoms with E-state index in [2.05, 4.69) is 22.2 Å². The zero-order chi connectivity index (χ0) is 9.97. The maximum Gasteiger partial charge on any atom is 0.223 e. The maximum atomic E-state index is 11.5. The Morgan fingerprint density at radius 3 is 3.21 bits per heavy atom. The van der Waals surface area contributed by atoms with E-state index in [0.29, 0.717) is 5.92 Å². The highest BCUT2D eigenvalue weighted by Gasteiger charge is 2.26. The number of nitrogens with one attached hydrogen (secondary N) is 2. The number of aromatic nitrogens is 2. The molecule has 1 aromatic rings. The van der Waals surface area contributed by atoms with E-state index in [1.54, 1.807) is 6.33 Å². The molecule has 1 aliphatic rings. The Morgan fingerprint density at radius 1 is 1.64 bits per heavy atom. The number of hydrogen-bond acceptors (Lipinski definition) is 2. The van der Waals surface area contributed by atoms with Crippen molar-refractivity contribution in [1.82, 2.24) is 15.3 Å². The van der Waals surface area contributed by atoms with E-state index in [1.807, 2.05) is 6.20 Å². The molecule has 0 spiro atoms. The molecule has 2 atom stereocenters. The quantitative estimate of drug-likeness (QED) is 0.727. The van der Waals surface area contributed by atoms with Crippen LogP contribution in [-0.2, 0) is 11.2 Å². The normalized spacial score (nSPS) is 27.4. The summed E-state index contributed by atoms with van der Waals surface area (Å²) in [6.45, 7) is 2.98. The molecule has 14 heavy (non-hydrogen) atoms.